The number of ether oxygens (including phenoxy) is 1. The number of benzene rings is 1. The lowest BCUT2D eigenvalue weighted by molar-refractivity contribution is -0.131. The summed E-state index contributed by atoms with van der Waals surface area (Å²) in [4.78, 5) is 30.4. The van der Waals surface area contributed by atoms with Crippen molar-refractivity contribution in [3.05, 3.63) is 29.8 Å². The van der Waals surface area contributed by atoms with Crippen molar-refractivity contribution in [1.82, 2.24) is 14.7 Å². The smallest absolute Gasteiger partial charge is 0.409 e. The Bertz CT molecular complexity index is 873. The lowest BCUT2D eigenvalue weighted by Crippen LogP contribution is -2.40. The highest BCUT2D eigenvalue weighted by Gasteiger charge is 2.25. The Balaban J connectivity index is 1.82. The maximum atomic E-state index is 12.5. The van der Waals surface area contributed by atoms with E-state index in [9.17, 15) is 18.0 Å². The fourth-order valence-corrected chi connectivity index (χ4v) is 4.87. The highest BCUT2D eigenvalue weighted by Crippen LogP contribution is 2.15. The van der Waals surface area contributed by atoms with E-state index in [1.807, 2.05) is 17.0 Å². The van der Waals surface area contributed by atoms with Crippen LogP contribution in [0.25, 0.3) is 0 Å². The van der Waals surface area contributed by atoms with E-state index in [0.29, 0.717) is 30.6 Å². The van der Waals surface area contributed by atoms with E-state index in [1.54, 1.807) is 12.1 Å². The van der Waals surface area contributed by atoms with E-state index in [0.717, 1.165) is 50.8 Å². The molecule has 8 nitrogen and oxygen atoms in total. The SMILES string of the molecule is CCCN(CCCCN1CCCN(C(=O)OC)CC1=O)C(C)Cc1ccc(S(C)(=O)=O)cc1. The molecule has 0 bridgehead atoms. The molecule has 0 N–H and O–H groups in total. The number of carbonyl (C=O) groups is 2. The van der Waals surface area contributed by atoms with Crippen molar-refractivity contribution < 1.29 is 22.7 Å². The van der Waals surface area contributed by atoms with Crippen molar-refractivity contribution in [3.63, 3.8) is 0 Å². The average molecular weight is 482 g/mol. The summed E-state index contributed by atoms with van der Waals surface area (Å²) in [6, 6.07) is 7.50. The third kappa shape index (κ3) is 8.62. The lowest BCUT2D eigenvalue weighted by Gasteiger charge is -2.29. The highest BCUT2D eigenvalue weighted by molar-refractivity contribution is 7.90. The molecule has 0 aliphatic carbocycles. The molecule has 2 rings (SSSR count). The highest BCUT2D eigenvalue weighted by atomic mass is 32.2. The Labute approximate surface area is 198 Å². The second-order valence-electron chi connectivity index (χ2n) is 8.84. The average Bonchev–Trinajstić information content (AvgIpc) is 2.96. The predicted octanol–water partition coefficient (Wildman–Crippen LogP) is 2.81. The van der Waals surface area contributed by atoms with E-state index in [4.69, 9.17) is 4.74 Å². The van der Waals surface area contributed by atoms with Crippen molar-refractivity contribution in [2.45, 2.75) is 56.9 Å². The Kier molecular flexibility index (Phi) is 10.6. The molecule has 186 valence electrons. The lowest BCUT2D eigenvalue weighted by atomic mass is 10.1. The number of carbonyl (C=O) groups excluding carboxylic acids is 2. The molecule has 1 aliphatic heterocycles. The van der Waals surface area contributed by atoms with Gasteiger partial charge in [-0.15, -0.1) is 0 Å². The van der Waals surface area contributed by atoms with E-state index in [2.05, 4.69) is 18.7 Å². The van der Waals surface area contributed by atoms with Crippen LogP contribution in [0.1, 0.15) is 45.1 Å². The van der Waals surface area contributed by atoms with Crippen LogP contribution in [0.5, 0.6) is 0 Å². The van der Waals surface area contributed by atoms with Gasteiger partial charge in [0.25, 0.3) is 0 Å². The maximum absolute atomic E-state index is 12.5. The van der Waals surface area contributed by atoms with Gasteiger partial charge in [0.2, 0.25) is 5.91 Å². The van der Waals surface area contributed by atoms with Gasteiger partial charge in [0.1, 0.15) is 6.54 Å². The van der Waals surface area contributed by atoms with E-state index < -0.39 is 15.9 Å². The van der Waals surface area contributed by atoms with Gasteiger partial charge < -0.3 is 14.5 Å². The third-order valence-corrected chi connectivity index (χ3v) is 7.24. The van der Waals surface area contributed by atoms with Gasteiger partial charge in [0, 0.05) is 31.9 Å². The third-order valence-electron chi connectivity index (χ3n) is 6.11. The summed E-state index contributed by atoms with van der Waals surface area (Å²) in [5.41, 5.74) is 1.13. The first-order chi connectivity index (χ1) is 15.7. The molecule has 0 radical (unpaired) electrons. The van der Waals surface area contributed by atoms with Crippen LogP contribution in [0.4, 0.5) is 4.79 Å². The molecule has 33 heavy (non-hydrogen) atoms. The number of unbranched alkanes of at least 4 members (excludes halogenated alkanes) is 1. The van der Waals surface area contributed by atoms with E-state index >= 15 is 0 Å². The quantitative estimate of drug-likeness (QED) is 0.452. The Morgan fingerprint density at radius 2 is 1.85 bits per heavy atom. The monoisotopic (exact) mass is 481 g/mol. The molecule has 1 saturated heterocycles. The minimum atomic E-state index is -3.18. The number of hydrogen-bond donors (Lipinski definition) is 0. The number of nitrogens with zero attached hydrogens (tertiary/aromatic N) is 3. The van der Waals surface area contributed by atoms with Crippen LogP contribution < -0.4 is 0 Å². The summed E-state index contributed by atoms with van der Waals surface area (Å²) in [5, 5.41) is 0. The number of sulfone groups is 1. The van der Waals surface area contributed by atoms with Crippen molar-refractivity contribution >= 4 is 21.8 Å². The molecule has 1 aromatic rings. The van der Waals surface area contributed by atoms with Crippen LogP contribution in [0, 0.1) is 0 Å². The topological polar surface area (TPSA) is 87.2 Å². The van der Waals surface area contributed by atoms with Gasteiger partial charge in [0.15, 0.2) is 9.84 Å². The zero-order valence-electron chi connectivity index (χ0n) is 20.5. The van der Waals surface area contributed by atoms with Crippen LogP contribution in [0.3, 0.4) is 0 Å². The molecule has 1 aliphatic rings. The zero-order valence-corrected chi connectivity index (χ0v) is 21.3. The van der Waals surface area contributed by atoms with Gasteiger partial charge in [-0.3, -0.25) is 9.69 Å². The Hall–Kier alpha value is -2.13. The maximum Gasteiger partial charge on any atom is 0.409 e. The van der Waals surface area contributed by atoms with Crippen LogP contribution in [0.2, 0.25) is 0 Å². The molecule has 1 atom stereocenters. The molecule has 1 heterocycles. The van der Waals surface area contributed by atoms with Crippen LogP contribution in [0.15, 0.2) is 29.2 Å². The van der Waals surface area contributed by atoms with Gasteiger partial charge >= 0.3 is 6.09 Å². The summed E-state index contributed by atoms with van der Waals surface area (Å²) < 4.78 is 28.1. The molecule has 9 heteroatoms. The van der Waals surface area contributed by atoms with Crippen molar-refractivity contribution in [1.29, 1.82) is 0 Å². The first-order valence-corrected chi connectivity index (χ1v) is 13.7. The van der Waals surface area contributed by atoms with Crippen LogP contribution >= 0.6 is 0 Å². The summed E-state index contributed by atoms with van der Waals surface area (Å²) >= 11 is 0. The molecule has 1 fully saturated rings. The van der Waals surface area contributed by atoms with E-state index in [-0.39, 0.29) is 12.5 Å². The summed E-state index contributed by atoms with van der Waals surface area (Å²) in [6.07, 6.45) is 5.37. The van der Waals surface area contributed by atoms with Crippen molar-refractivity contribution in [3.8, 4) is 0 Å². The van der Waals surface area contributed by atoms with Gasteiger partial charge in [-0.1, -0.05) is 19.1 Å². The minimum absolute atomic E-state index is 0.0192. The molecule has 1 aromatic carbocycles. The molecule has 1 unspecified atom stereocenters. The molecule has 0 spiro atoms. The fourth-order valence-electron chi connectivity index (χ4n) is 4.24. The van der Waals surface area contributed by atoms with Gasteiger partial charge in [-0.25, -0.2) is 13.2 Å². The molecular weight excluding hydrogens is 442 g/mol. The molecule has 0 aromatic heterocycles. The molecular formula is C24H39N3O5S. The number of hydrogen-bond acceptors (Lipinski definition) is 6. The predicted molar refractivity (Wildman–Crippen MR) is 129 cm³/mol. The van der Waals surface area contributed by atoms with Gasteiger partial charge in [-0.2, -0.15) is 0 Å². The van der Waals surface area contributed by atoms with Crippen molar-refractivity contribution in [2.24, 2.45) is 0 Å². The van der Waals surface area contributed by atoms with Crippen molar-refractivity contribution in [2.75, 3.05) is 52.6 Å². The summed E-state index contributed by atoms with van der Waals surface area (Å²) in [7, 11) is -1.84. The number of methoxy groups -OCH3 is 1. The second kappa shape index (κ2) is 12.9. The zero-order chi connectivity index (χ0) is 24.4. The van der Waals surface area contributed by atoms with Gasteiger partial charge in [-0.05, 0) is 69.8 Å². The largest absolute Gasteiger partial charge is 0.453 e. The molecule has 2 amide bonds. The Morgan fingerprint density at radius 1 is 1.15 bits per heavy atom. The Morgan fingerprint density at radius 3 is 2.45 bits per heavy atom. The summed E-state index contributed by atoms with van der Waals surface area (Å²) in [6.45, 7) is 8.33. The first-order valence-electron chi connectivity index (χ1n) is 11.8. The summed E-state index contributed by atoms with van der Waals surface area (Å²) in [5.74, 6) is -0.0192. The normalized spacial score (nSPS) is 16.1. The standard InChI is InChI=1S/C24H39N3O5S/c1-5-13-25(20(2)18-21-9-11-22(12-10-21)33(4,30)31)14-6-7-15-26-16-8-17-27(19-23(26)28)24(29)32-3/h9-12,20H,5-8,13-19H2,1-4H3. The number of amides is 2. The number of rotatable bonds is 11. The van der Waals surface area contributed by atoms with Crippen LogP contribution in [-0.2, 0) is 25.8 Å². The second-order valence-corrected chi connectivity index (χ2v) is 10.9. The van der Waals surface area contributed by atoms with E-state index in [1.165, 1.54) is 18.3 Å². The molecule has 0 saturated carbocycles. The minimum Gasteiger partial charge on any atom is -0.453 e. The van der Waals surface area contributed by atoms with Crippen LogP contribution in [-0.4, -0.2) is 93.8 Å². The van der Waals surface area contributed by atoms with Gasteiger partial charge in [0.05, 0.1) is 12.0 Å². The fraction of sp³-hybridized carbons (Fsp3) is 0.667. The first kappa shape index (κ1) is 27.1.